The van der Waals surface area contributed by atoms with E-state index in [1.807, 2.05) is 11.3 Å². The zero-order chi connectivity index (χ0) is 23.2. The topological polar surface area (TPSA) is 29.3 Å². The van der Waals surface area contributed by atoms with Gasteiger partial charge in [-0.05, 0) is 68.2 Å². The molecule has 1 aromatic heterocycles. The Morgan fingerprint density at radius 3 is 2.65 bits per heavy atom. The number of nitrogens with two attached hydrogens (primary N) is 1. The Morgan fingerprint density at radius 1 is 1.00 bits per heavy atom. The average Bonchev–Trinajstić information content (AvgIpc) is 3.39. The van der Waals surface area contributed by atoms with E-state index in [9.17, 15) is 0 Å². The van der Waals surface area contributed by atoms with Crippen LogP contribution < -0.4 is 10.6 Å². The van der Waals surface area contributed by atoms with Crippen LogP contribution in [0.15, 0.2) is 102 Å². The molecule has 34 heavy (non-hydrogen) atoms. The number of anilines is 1. The van der Waals surface area contributed by atoms with Crippen molar-refractivity contribution < 1.29 is 0 Å². The second-order valence-electron chi connectivity index (χ2n) is 9.42. The van der Waals surface area contributed by atoms with Crippen LogP contribution in [-0.2, 0) is 0 Å². The van der Waals surface area contributed by atoms with Crippen LogP contribution in [0.5, 0.6) is 0 Å². The van der Waals surface area contributed by atoms with Crippen LogP contribution in [0.2, 0.25) is 0 Å². The lowest BCUT2D eigenvalue weighted by Gasteiger charge is -2.34. The van der Waals surface area contributed by atoms with Gasteiger partial charge in [0.1, 0.15) is 0 Å². The standard InChI is InChI=1S/C31H30N2S/c1-3-10-28-31(20(2)32)24-13-5-8-15-27(24)33(28)26-14-7-4-11-22(26)21-17-18-30-25(19-21)23-12-6-9-16-29(23)34-30/h3-7,9-14,16-20,24,27H,8,15,32H2,1-2H3/b10-3-. The lowest BCUT2D eigenvalue weighted by atomic mass is 9.84. The summed E-state index contributed by atoms with van der Waals surface area (Å²) in [6.07, 6.45) is 11.4. The molecule has 0 fully saturated rings. The van der Waals surface area contributed by atoms with Crippen LogP contribution in [0.25, 0.3) is 31.3 Å². The first-order valence-corrected chi connectivity index (χ1v) is 13.1. The van der Waals surface area contributed by atoms with E-state index < -0.39 is 0 Å². The van der Waals surface area contributed by atoms with Crippen molar-refractivity contribution in [3.8, 4) is 11.1 Å². The second-order valence-corrected chi connectivity index (χ2v) is 10.5. The van der Waals surface area contributed by atoms with Crippen molar-refractivity contribution in [1.29, 1.82) is 0 Å². The minimum absolute atomic E-state index is 0.0205. The zero-order valence-corrected chi connectivity index (χ0v) is 20.6. The fraction of sp³-hybridized carbons (Fsp3) is 0.226. The molecule has 0 radical (unpaired) electrons. The van der Waals surface area contributed by atoms with Gasteiger partial charge in [-0.1, -0.05) is 60.7 Å². The molecule has 1 aliphatic carbocycles. The Balaban J connectivity index is 1.55. The molecule has 2 aliphatic rings. The van der Waals surface area contributed by atoms with Gasteiger partial charge < -0.3 is 10.6 Å². The molecule has 2 N–H and O–H groups in total. The van der Waals surface area contributed by atoms with E-state index >= 15 is 0 Å². The van der Waals surface area contributed by atoms with Gasteiger partial charge in [-0.25, -0.2) is 0 Å². The maximum Gasteiger partial charge on any atom is 0.0493 e. The first-order valence-electron chi connectivity index (χ1n) is 12.3. The predicted octanol–water partition coefficient (Wildman–Crippen LogP) is 8.05. The average molecular weight is 463 g/mol. The van der Waals surface area contributed by atoms with Gasteiger partial charge in [0.2, 0.25) is 0 Å². The predicted molar refractivity (Wildman–Crippen MR) is 148 cm³/mol. The summed E-state index contributed by atoms with van der Waals surface area (Å²) in [5, 5.41) is 2.68. The number of rotatable bonds is 4. The highest BCUT2D eigenvalue weighted by molar-refractivity contribution is 7.25. The van der Waals surface area contributed by atoms with E-state index in [-0.39, 0.29) is 6.04 Å². The van der Waals surface area contributed by atoms with Crippen LogP contribution >= 0.6 is 11.3 Å². The normalized spacial score (nSPS) is 21.2. The Hall–Kier alpha value is -3.14. The highest BCUT2D eigenvalue weighted by Crippen LogP contribution is 2.47. The van der Waals surface area contributed by atoms with Gasteiger partial charge in [-0.3, -0.25) is 0 Å². The van der Waals surface area contributed by atoms with E-state index in [2.05, 4.69) is 110 Å². The molecule has 4 aromatic rings. The van der Waals surface area contributed by atoms with Gasteiger partial charge in [0.05, 0.1) is 0 Å². The SMILES string of the molecule is C/C=C\C1=C(C(C)N)C2C=CCCC2N1c1ccccc1-c1ccc2sc3ccccc3c2c1. The molecule has 1 aliphatic heterocycles. The number of hydrogen-bond acceptors (Lipinski definition) is 3. The van der Waals surface area contributed by atoms with Gasteiger partial charge in [0.25, 0.3) is 0 Å². The molecule has 3 aromatic carbocycles. The largest absolute Gasteiger partial charge is 0.337 e. The Morgan fingerprint density at radius 2 is 1.79 bits per heavy atom. The van der Waals surface area contributed by atoms with Gasteiger partial charge in [-0.2, -0.15) is 0 Å². The van der Waals surface area contributed by atoms with E-state index in [4.69, 9.17) is 5.73 Å². The van der Waals surface area contributed by atoms with Crippen molar-refractivity contribution in [2.45, 2.75) is 38.8 Å². The molecule has 2 heterocycles. The monoisotopic (exact) mass is 462 g/mol. The molecule has 3 heteroatoms. The van der Waals surface area contributed by atoms with E-state index in [1.165, 1.54) is 48.3 Å². The number of allylic oxidation sites excluding steroid dienone is 3. The first-order chi connectivity index (χ1) is 16.7. The van der Waals surface area contributed by atoms with Crippen molar-refractivity contribution in [3.05, 3.63) is 102 Å². The fourth-order valence-corrected chi connectivity index (χ4v) is 6.99. The molecular weight excluding hydrogens is 432 g/mol. The lowest BCUT2D eigenvalue weighted by Crippen LogP contribution is -2.35. The van der Waals surface area contributed by atoms with Crippen molar-refractivity contribution >= 4 is 37.2 Å². The molecular formula is C31H30N2S. The van der Waals surface area contributed by atoms with Gasteiger partial charge in [-0.15, -0.1) is 11.3 Å². The Kier molecular flexibility index (Phi) is 5.40. The molecule has 6 rings (SSSR count). The Labute approximate surface area is 205 Å². The van der Waals surface area contributed by atoms with Crippen LogP contribution in [-0.4, -0.2) is 12.1 Å². The molecule has 0 saturated heterocycles. The summed E-state index contributed by atoms with van der Waals surface area (Å²) >= 11 is 1.87. The summed E-state index contributed by atoms with van der Waals surface area (Å²) in [6.45, 7) is 4.23. The van der Waals surface area contributed by atoms with Gasteiger partial charge in [0.15, 0.2) is 0 Å². The number of fused-ring (bicyclic) bond motifs is 4. The third-order valence-electron chi connectivity index (χ3n) is 7.30. The van der Waals surface area contributed by atoms with Crippen LogP contribution in [0.3, 0.4) is 0 Å². The number of hydrogen-bond donors (Lipinski definition) is 1. The van der Waals surface area contributed by atoms with Gasteiger partial charge in [0, 0.05) is 55.1 Å². The van der Waals surface area contributed by atoms with Gasteiger partial charge >= 0.3 is 0 Å². The number of benzene rings is 3. The third-order valence-corrected chi connectivity index (χ3v) is 8.45. The van der Waals surface area contributed by atoms with E-state index in [0.717, 1.165) is 12.8 Å². The molecule has 0 bridgehead atoms. The van der Waals surface area contributed by atoms with Crippen molar-refractivity contribution in [2.24, 2.45) is 11.7 Å². The van der Waals surface area contributed by atoms with Crippen LogP contribution in [0, 0.1) is 5.92 Å². The highest BCUT2D eigenvalue weighted by Gasteiger charge is 2.41. The smallest absolute Gasteiger partial charge is 0.0493 e. The minimum Gasteiger partial charge on any atom is -0.337 e. The van der Waals surface area contributed by atoms with Crippen molar-refractivity contribution in [3.63, 3.8) is 0 Å². The van der Waals surface area contributed by atoms with E-state index in [0.29, 0.717) is 12.0 Å². The molecule has 170 valence electrons. The summed E-state index contributed by atoms with van der Waals surface area (Å²) in [7, 11) is 0. The third kappa shape index (κ3) is 3.34. The second kappa shape index (κ2) is 8.57. The molecule has 0 spiro atoms. The fourth-order valence-electron chi connectivity index (χ4n) is 5.91. The number of thiophene rings is 1. The highest BCUT2D eigenvalue weighted by atomic mass is 32.1. The summed E-state index contributed by atoms with van der Waals surface area (Å²) in [5.74, 6) is 0.372. The quantitative estimate of drug-likeness (QED) is 0.311. The molecule has 2 nitrogen and oxygen atoms in total. The molecule has 3 atom stereocenters. The number of nitrogens with zero attached hydrogens (tertiary/aromatic N) is 1. The zero-order valence-electron chi connectivity index (χ0n) is 19.7. The maximum absolute atomic E-state index is 6.57. The lowest BCUT2D eigenvalue weighted by molar-refractivity contribution is 0.509. The van der Waals surface area contributed by atoms with Crippen molar-refractivity contribution in [2.75, 3.05) is 4.90 Å². The van der Waals surface area contributed by atoms with E-state index in [1.54, 1.807) is 0 Å². The molecule has 0 amide bonds. The first kappa shape index (κ1) is 21.4. The summed E-state index contributed by atoms with van der Waals surface area (Å²) in [6, 6.07) is 25.0. The Bertz CT molecular complexity index is 1470. The summed E-state index contributed by atoms with van der Waals surface area (Å²) in [5.41, 5.74) is 13.0. The summed E-state index contributed by atoms with van der Waals surface area (Å²) < 4.78 is 2.69. The number of para-hydroxylation sites is 1. The van der Waals surface area contributed by atoms with Crippen LogP contribution in [0.4, 0.5) is 5.69 Å². The summed E-state index contributed by atoms with van der Waals surface area (Å²) in [4.78, 5) is 2.58. The van der Waals surface area contributed by atoms with Crippen LogP contribution in [0.1, 0.15) is 26.7 Å². The molecule has 3 unspecified atom stereocenters. The molecule has 0 saturated carbocycles. The van der Waals surface area contributed by atoms with Crippen molar-refractivity contribution in [1.82, 2.24) is 0 Å². The maximum atomic E-state index is 6.57. The minimum atomic E-state index is 0.0205.